The smallest absolute Gasteiger partial charge is 0.224 e. The molecule has 27 heavy (non-hydrogen) atoms. The number of carbonyl (C=O) groups excluding carboxylic acids is 2. The van der Waals surface area contributed by atoms with Gasteiger partial charge in [-0.25, -0.2) is 0 Å². The molecule has 0 saturated carbocycles. The zero-order valence-corrected chi connectivity index (χ0v) is 16.1. The van der Waals surface area contributed by atoms with Crippen LogP contribution in [0.1, 0.15) is 31.7 Å². The maximum atomic E-state index is 12.6. The van der Waals surface area contributed by atoms with Gasteiger partial charge in [-0.2, -0.15) is 0 Å². The lowest BCUT2D eigenvalue weighted by Crippen LogP contribution is -2.47. The molecule has 0 aliphatic carbocycles. The van der Waals surface area contributed by atoms with Crippen molar-refractivity contribution in [2.75, 3.05) is 40.0 Å². The van der Waals surface area contributed by atoms with Crippen LogP contribution in [-0.4, -0.2) is 67.4 Å². The van der Waals surface area contributed by atoms with Gasteiger partial charge >= 0.3 is 0 Å². The third-order valence-corrected chi connectivity index (χ3v) is 5.26. The van der Waals surface area contributed by atoms with Gasteiger partial charge in [-0.3, -0.25) is 9.59 Å². The van der Waals surface area contributed by atoms with Crippen molar-refractivity contribution in [3.63, 3.8) is 0 Å². The molecule has 7 heteroatoms. The van der Waals surface area contributed by atoms with E-state index in [2.05, 4.69) is 0 Å². The number of carbonyl (C=O) groups is 2. The summed E-state index contributed by atoms with van der Waals surface area (Å²) in [7, 11) is 1.62. The van der Waals surface area contributed by atoms with Crippen LogP contribution in [0, 0.1) is 0 Å². The molecule has 2 heterocycles. The molecule has 2 aliphatic heterocycles. The normalized spacial score (nSPS) is 18.5. The van der Waals surface area contributed by atoms with Crippen molar-refractivity contribution in [3.05, 3.63) is 29.8 Å². The van der Waals surface area contributed by atoms with Gasteiger partial charge in [0.1, 0.15) is 5.75 Å². The van der Waals surface area contributed by atoms with Gasteiger partial charge in [-0.1, -0.05) is 12.1 Å². The van der Waals surface area contributed by atoms with E-state index in [4.69, 9.17) is 14.2 Å². The second-order valence-electron chi connectivity index (χ2n) is 7.03. The van der Waals surface area contributed by atoms with Crippen LogP contribution in [0.4, 0.5) is 0 Å². The lowest BCUT2D eigenvalue weighted by Gasteiger charge is -2.37. The summed E-state index contributed by atoms with van der Waals surface area (Å²) in [6, 6.07) is 7.61. The Labute approximate surface area is 160 Å². The molecule has 0 radical (unpaired) electrons. The monoisotopic (exact) mass is 376 g/mol. The second-order valence-corrected chi connectivity index (χ2v) is 7.03. The molecule has 0 N–H and O–H groups in total. The summed E-state index contributed by atoms with van der Waals surface area (Å²) >= 11 is 0. The average Bonchev–Trinajstić information content (AvgIpc) is 3.13. The van der Waals surface area contributed by atoms with Gasteiger partial charge in [0.25, 0.3) is 0 Å². The minimum absolute atomic E-state index is 0.0380. The molecule has 1 spiro atoms. The Kier molecular flexibility index (Phi) is 6.34. The quantitative estimate of drug-likeness (QED) is 0.757. The van der Waals surface area contributed by atoms with Crippen molar-refractivity contribution in [2.45, 2.75) is 38.5 Å². The number of hydrogen-bond acceptors (Lipinski definition) is 5. The van der Waals surface area contributed by atoms with Crippen LogP contribution >= 0.6 is 0 Å². The highest BCUT2D eigenvalue weighted by Gasteiger charge is 2.40. The van der Waals surface area contributed by atoms with Gasteiger partial charge in [-0.05, 0) is 17.7 Å². The highest BCUT2D eigenvalue weighted by atomic mass is 16.7. The largest absolute Gasteiger partial charge is 0.497 e. The topological polar surface area (TPSA) is 68.3 Å². The molecule has 0 bridgehead atoms. The van der Waals surface area contributed by atoms with E-state index >= 15 is 0 Å². The van der Waals surface area contributed by atoms with Gasteiger partial charge in [0.05, 0.1) is 20.3 Å². The first-order valence-electron chi connectivity index (χ1n) is 9.45. The average molecular weight is 376 g/mol. The standard InChI is InChI=1S/C20H28N2O5/c1-16(23)22(15-17-3-5-18(25-2)6-4-17)10-7-19(24)21-11-8-20(9-12-21)26-13-14-27-20/h3-6H,7-15H2,1-2H3. The number of likely N-dealkylation sites (tertiary alicyclic amines) is 1. The Bertz CT molecular complexity index is 645. The van der Waals surface area contributed by atoms with Crippen molar-refractivity contribution in [1.82, 2.24) is 9.80 Å². The fourth-order valence-corrected chi connectivity index (χ4v) is 3.57. The van der Waals surface area contributed by atoms with Crippen LogP contribution in [0.15, 0.2) is 24.3 Å². The molecule has 0 unspecified atom stereocenters. The predicted molar refractivity (Wildman–Crippen MR) is 99.2 cm³/mol. The minimum Gasteiger partial charge on any atom is -0.497 e. The molecule has 3 rings (SSSR count). The summed E-state index contributed by atoms with van der Waals surface area (Å²) in [5.41, 5.74) is 1.01. The Morgan fingerprint density at radius 2 is 1.78 bits per heavy atom. The van der Waals surface area contributed by atoms with E-state index in [-0.39, 0.29) is 11.8 Å². The highest BCUT2D eigenvalue weighted by molar-refractivity contribution is 5.78. The van der Waals surface area contributed by atoms with Crippen LogP contribution < -0.4 is 4.74 Å². The molecule has 1 aromatic rings. The first-order chi connectivity index (χ1) is 13.0. The van der Waals surface area contributed by atoms with E-state index < -0.39 is 5.79 Å². The lowest BCUT2D eigenvalue weighted by molar-refractivity contribution is -0.187. The molecule has 0 aromatic heterocycles. The third-order valence-electron chi connectivity index (χ3n) is 5.26. The first kappa shape index (κ1) is 19.6. The van der Waals surface area contributed by atoms with E-state index in [1.54, 1.807) is 12.0 Å². The number of amides is 2. The van der Waals surface area contributed by atoms with Crippen LogP contribution in [0.25, 0.3) is 0 Å². The molecular formula is C20H28N2O5. The molecule has 148 valence electrons. The number of ether oxygens (including phenoxy) is 3. The number of piperidine rings is 1. The van der Waals surface area contributed by atoms with Crippen molar-refractivity contribution < 1.29 is 23.8 Å². The molecule has 0 atom stereocenters. The first-order valence-corrected chi connectivity index (χ1v) is 9.45. The fourth-order valence-electron chi connectivity index (χ4n) is 3.57. The van der Waals surface area contributed by atoms with Crippen LogP contribution in [-0.2, 0) is 25.6 Å². The van der Waals surface area contributed by atoms with Gasteiger partial charge in [0.15, 0.2) is 5.79 Å². The molecule has 2 amide bonds. The number of nitrogens with zero attached hydrogens (tertiary/aromatic N) is 2. The maximum Gasteiger partial charge on any atom is 0.224 e. The van der Waals surface area contributed by atoms with E-state index in [0.29, 0.717) is 58.7 Å². The summed E-state index contributed by atoms with van der Waals surface area (Å²) in [6.07, 6.45) is 1.74. The number of methoxy groups -OCH3 is 1. The van der Waals surface area contributed by atoms with E-state index in [0.717, 1.165) is 11.3 Å². The molecule has 1 aromatic carbocycles. The van der Waals surface area contributed by atoms with Crippen molar-refractivity contribution >= 4 is 11.8 Å². The summed E-state index contributed by atoms with van der Waals surface area (Å²) in [4.78, 5) is 28.1. The maximum absolute atomic E-state index is 12.6. The summed E-state index contributed by atoms with van der Waals surface area (Å²) in [5, 5.41) is 0. The van der Waals surface area contributed by atoms with E-state index in [1.807, 2.05) is 29.2 Å². The van der Waals surface area contributed by atoms with Gasteiger partial charge in [0, 0.05) is 52.4 Å². The Morgan fingerprint density at radius 1 is 1.15 bits per heavy atom. The zero-order valence-electron chi connectivity index (χ0n) is 16.1. The lowest BCUT2D eigenvalue weighted by atomic mass is 10.0. The Hall–Kier alpha value is -2.12. The number of benzene rings is 1. The predicted octanol–water partition coefficient (Wildman–Crippen LogP) is 1.80. The molecule has 2 saturated heterocycles. The third kappa shape index (κ3) is 4.99. The van der Waals surface area contributed by atoms with Crippen LogP contribution in [0.2, 0.25) is 0 Å². The molecule has 2 fully saturated rings. The minimum atomic E-state index is -0.476. The van der Waals surface area contributed by atoms with Crippen LogP contribution in [0.3, 0.4) is 0 Å². The highest BCUT2D eigenvalue weighted by Crippen LogP contribution is 2.31. The molecular weight excluding hydrogens is 348 g/mol. The zero-order chi connectivity index (χ0) is 19.3. The van der Waals surface area contributed by atoms with E-state index in [9.17, 15) is 9.59 Å². The molecule has 2 aliphatic rings. The summed E-state index contributed by atoms with van der Waals surface area (Å²) in [5.74, 6) is 0.338. The summed E-state index contributed by atoms with van der Waals surface area (Å²) in [6.45, 7) is 4.97. The van der Waals surface area contributed by atoms with Crippen molar-refractivity contribution in [1.29, 1.82) is 0 Å². The summed E-state index contributed by atoms with van der Waals surface area (Å²) < 4.78 is 16.6. The number of hydrogen-bond donors (Lipinski definition) is 0. The van der Waals surface area contributed by atoms with E-state index in [1.165, 1.54) is 6.92 Å². The van der Waals surface area contributed by atoms with Gasteiger partial charge in [-0.15, -0.1) is 0 Å². The Balaban J connectivity index is 1.48. The Morgan fingerprint density at radius 3 is 2.33 bits per heavy atom. The van der Waals surface area contributed by atoms with Crippen molar-refractivity contribution in [3.8, 4) is 5.75 Å². The fraction of sp³-hybridized carbons (Fsp3) is 0.600. The van der Waals surface area contributed by atoms with Gasteiger partial charge in [0.2, 0.25) is 11.8 Å². The second kappa shape index (κ2) is 8.71. The van der Waals surface area contributed by atoms with Crippen molar-refractivity contribution in [2.24, 2.45) is 0 Å². The molecule has 7 nitrogen and oxygen atoms in total. The van der Waals surface area contributed by atoms with Gasteiger partial charge < -0.3 is 24.0 Å². The SMILES string of the molecule is COc1ccc(CN(CCC(=O)N2CCC3(CC2)OCCO3)C(C)=O)cc1. The number of rotatable bonds is 6. The van der Waals surface area contributed by atoms with Crippen LogP contribution in [0.5, 0.6) is 5.75 Å².